The summed E-state index contributed by atoms with van der Waals surface area (Å²) in [5, 5.41) is 0.130. The van der Waals surface area contributed by atoms with Crippen molar-refractivity contribution in [1.82, 2.24) is 4.72 Å². The molecule has 0 saturated heterocycles. The minimum atomic E-state index is -3.67. The van der Waals surface area contributed by atoms with Gasteiger partial charge in [0.25, 0.3) is 0 Å². The lowest BCUT2D eigenvalue weighted by Crippen LogP contribution is -2.33. The highest BCUT2D eigenvalue weighted by atomic mass is 35.5. The van der Waals surface area contributed by atoms with Gasteiger partial charge in [-0.05, 0) is 31.5 Å². The van der Waals surface area contributed by atoms with Gasteiger partial charge in [0.15, 0.2) is 0 Å². The molecule has 1 rings (SSSR count). The normalized spacial score (nSPS) is 12.6. The Labute approximate surface area is 130 Å². The number of nitrogens with two attached hydrogens (primary N) is 1. The van der Waals surface area contributed by atoms with Crippen LogP contribution in [0.25, 0.3) is 0 Å². The number of rotatable bonds is 6. The summed E-state index contributed by atoms with van der Waals surface area (Å²) in [7, 11) is -2.10. The second kappa shape index (κ2) is 8.37. The molecule has 1 unspecified atom stereocenters. The molecule has 0 aromatic heterocycles. The Kier molecular flexibility index (Phi) is 7.15. The Bertz CT molecular complexity index is 635. The zero-order valence-corrected chi connectivity index (χ0v) is 13.6. The van der Waals surface area contributed by atoms with Crippen LogP contribution in [0.4, 0.5) is 0 Å². The third-order valence-corrected chi connectivity index (χ3v) is 4.74. The molecule has 0 saturated carbocycles. The molecule has 0 fully saturated rings. The van der Waals surface area contributed by atoms with Crippen molar-refractivity contribution in [3.8, 4) is 11.8 Å². The van der Waals surface area contributed by atoms with E-state index in [2.05, 4.69) is 16.6 Å². The fourth-order valence-electron chi connectivity index (χ4n) is 1.63. The van der Waals surface area contributed by atoms with Gasteiger partial charge in [0, 0.05) is 25.3 Å². The molecule has 5 nitrogen and oxygen atoms in total. The molecular weight excluding hydrogens is 312 g/mol. The van der Waals surface area contributed by atoms with E-state index in [9.17, 15) is 8.42 Å². The molecule has 0 radical (unpaired) electrons. The van der Waals surface area contributed by atoms with E-state index < -0.39 is 10.0 Å². The number of ether oxygens (including phenoxy) is 1. The fourth-order valence-corrected chi connectivity index (χ4v) is 3.45. The average molecular weight is 331 g/mol. The molecule has 0 heterocycles. The molecule has 0 bridgehead atoms. The molecule has 116 valence electrons. The highest BCUT2D eigenvalue weighted by Gasteiger charge is 2.20. The van der Waals surface area contributed by atoms with Gasteiger partial charge in [0.05, 0.1) is 11.6 Å². The topological polar surface area (TPSA) is 81.4 Å². The van der Waals surface area contributed by atoms with Gasteiger partial charge in [-0.3, -0.25) is 0 Å². The predicted octanol–water partition coefficient (Wildman–Crippen LogP) is 1.35. The zero-order chi connectivity index (χ0) is 15.9. The fraction of sp³-hybridized carbons (Fsp3) is 0.429. The number of nitrogens with one attached hydrogen (secondary N) is 1. The van der Waals surface area contributed by atoms with Crippen molar-refractivity contribution in [3.63, 3.8) is 0 Å². The molecule has 0 amide bonds. The van der Waals surface area contributed by atoms with Crippen LogP contribution < -0.4 is 10.5 Å². The first kappa shape index (κ1) is 18.0. The van der Waals surface area contributed by atoms with Gasteiger partial charge < -0.3 is 10.5 Å². The summed E-state index contributed by atoms with van der Waals surface area (Å²) in [6.45, 7) is 2.48. The molecule has 0 spiro atoms. The van der Waals surface area contributed by atoms with Crippen LogP contribution in [0.15, 0.2) is 23.1 Å². The minimum Gasteiger partial charge on any atom is -0.385 e. The van der Waals surface area contributed by atoms with Crippen LogP contribution >= 0.6 is 11.6 Å². The van der Waals surface area contributed by atoms with E-state index in [1.54, 1.807) is 20.1 Å². The van der Waals surface area contributed by atoms with Crippen molar-refractivity contribution >= 4 is 21.6 Å². The van der Waals surface area contributed by atoms with E-state index in [0.29, 0.717) is 18.6 Å². The van der Waals surface area contributed by atoms with Crippen molar-refractivity contribution in [2.24, 2.45) is 5.73 Å². The summed E-state index contributed by atoms with van der Waals surface area (Å²) in [6, 6.07) is 4.30. The number of sulfonamides is 1. The summed E-state index contributed by atoms with van der Waals surface area (Å²) in [6.07, 6.45) is 0.577. The SMILES string of the molecule is COCCC(C)NS(=O)(=O)c1ccc(C#CCN)cc1Cl. The van der Waals surface area contributed by atoms with Gasteiger partial charge >= 0.3 is 0 Å². The second-order valence-corrected chi connectivity index (χ2v) is 6.54. The van der Waals surface area contributed by atoms with Crippen LogP contribution in [0.3, 0.4) is 0 Å². The Morgan fingerprint density at radius 1 is 1.48 bits per heavy atom. The Hall–Kier alpha value is -1.10. The van der Waals surface area contributed by atoms with Crippen LogP contribution in [-0.4, -0.2) is 34.7 Å². The molecule has 21 heavy (non-hydrogen) atoms. The lowest BCUT2D eigenvalue weighted by atomic mass is 10.2. The molecule has 0 aliphatic heterocycles. The summed E-state index contributed by atoms with van der Waals surface area (Å²) in [4.78, 5) is 0.0340. The van der Waals surface area contributed by atoms with E-state index in [1.807, 2.05) is 0 Å². The summed E-state index contributed by atoms with van der Waals surface area (Å²) in [5.41, 5.74) is 5.91. The Morgan fingerprint density at radius 3 is 2.76 bits per heavy atom. The lowest BCUT2D eigenvalue weighted by molar-refractivity contribution is 0.188. The molecule has 7 heteroatoms. The zero-order valence-electron chi connectivity index (χ0n) is 12.0. The van der Waals surface area contributed by atoms with Crippen molar-refractivity contribution in [1.29, 1.82) is 0 Å². The minimum absolute atomic E-state index is 0.0340. The van der Waals surface area contributed by atoms with Gasteiger partial charge in [-0.15, -0.1) is 0 Å². The summed E-state index contributed by atoms with van der Waals surface area (Å²) in [5.74, 6) is 5.49. The van der Waals surface area contributed by atoms with Gasteiger partial charge in [0.1, 0.15) is 4.90 Å². The number of hydrogen-bond acceptors (Lipinski definition) is 4. The van der Waals surface area contributed by atoms with Gasteiger partial charge in [0.2, 0.25) is 10.0 Å². The van der Waals surface area contributed by atoms with E-state index in [1.165, 1.54) is 12.1 Å². The number of methoxy groups -OCH3 is 1. The van der Waals surface area contributed by atoms with Crippen LogP contribution in [0.5, 0.6) is 0 Å². The van der Waals surface area contributed by atoms with Gasteiger partial charge in [-0.1, -0.05) is 23.4 Å². The molecule has 0 aliphatic carbocycles. The Balaban J connectivity index is 2.93. The average Bonchev–Trinajstić information content (AvgIpc) is 2.42. The monoisotopic (exact) mass is 330 g/mol. The smallest absolute Gasteiger partial charge is 0.242 e. The first-order chi connectivity index (χ1) is 9.90. The highest BCUT2D eigenvalue weighted by Crippen LogP contribution is 2.22. The first-order valence-electron chi connectivity index (χ1n) is 6.40. The van der Waals surface area contributed by atoms with Crippen molar-refractivity contribution < 1.29 is 13.2 Å². The summed E-state index contributed by atoms with van der Waals surface area (Å²) < 4.78 is 32.0. The Morgan fingerprint density at radius 2 is 2.19 bits per heavy atom. The third-order valence-electron chi connectivity index (χ3n) is 2.67. The van der Waals surface area contributed by atoms with Crippen molar-refractivity contribution in [2.45, 2.75) is 24.3 Å². The van der Waals surface area contributed by atoms with Gasteiger partial charge in [-0.25, -0.2) is 13.1 Å². The molecular formula is C14H19ClN2O3S. The molecule has 0 aliphatic rings. The van der Waals surface area contributed by atoms with Crippen molar-refractivity contribution in [2.75, 3.05) is 20.3 Å². The van der Waals surface area contributed by atoms with Crippen molar-refractivity contribution in [3.05, 3.63) is 28.8 Å². The number of benzene rings is 1. The predicted molar refractivity (Wildman–Crippen MR) is 83.7 cm³/mol. The lowest BCUT2D eigenvalue weighted by Gasteiger charge is -2.14. The van der Waals surface area contributed by atoms with Crippen LogP contribution in [0.1, 0.15) is 18.9 Å². The molecule has 1 atom stereocenters. The largest absolute Gasteiger partial charge is 0.385 e. The first-order valence-corrected chi connectivity index (χ1v) is 8.26. The molecule has 3 N–H and O–H groups in total. The molecule has 1 aromatic rings. The maximum Gasteiger partial charge on any atom is 0.242 e. The maximum absolute atomic E-state index is 12.3. The standard InChI is InChI=1S/C14H19ClN2O3S/c1-11(7-9-20-2)17-21(18,19)14-6-5-12(4-3-8-16)10-13(14)15/h5-6,10-11,17H,7-9,16H2,1-2H3. The highest BCUT2D eigenvalue weighted by molar-refractivity contribution is 7.89. The second-order valence-electron chi connectivity index (χ2n) is 4.45. The van der Waals surface area contributed by atoms with E-state index in [4.69, 9.17) is 22.1 Å². The summed E-state index contributed by atoms with van der Waals surface area (Å²) >= 11 is 6.04. The van der Waals surface area contributed by atoms with E-state index in [0.717, 1.165) is 0 Å². The van der Waals surface area contributed by atoms with Crippen LogP contribution in [0, 0.1) is 11.8 Å². The third kappa shape index (κ3) is 5.65. The number of halogens is 1. The molecule has 1 aromatic carbocycles. The van der Waals surface area contributed by atoms with Crippen LogP contribution in [-0.2, 0) is 14.8 Å². The maximum atomic E-state index is 12.3. The van der Waals surface area contributed by atoms with Gasteiger partial charge in [-0.2, -0.15) is 0 Å². The number of hydrogen-bond donors (Lipinski definition) is 2. The van der Waals surface area contributed by atoms with E-state index >= 15 is 0 Å². The van der Waals surface area contributed by atoms with Crippen LogP contribution in [0.2, 0.25) is 5.02 Å². The van der Waals surface area contributed by atoms with E-state index in [-0.39, 0.29) is 22.5 Å². The quantitative estimate of drug-likeness (QED) is 0.771.